The van der Waals surface area contributed by atoms with Crippen LogP contribution in [0.2, 0.25) is 0 Å². The summed E-state index contributed by atoms with van der Waals surface area (Å²) in [5.41, 5.74) is 3.91. The van der Waals surface area contributed by atoms with Crippen LogP contribution in [0.15, 0.2) is 67.0 Å². The molecule has 0 aliphatic heterocycles. The summed E-state index contributed by atoms with van der Waals surface area (Å²) in [7, 11) is 0. The number of nitrogens with zero attached hydrogens (tertiary/aromatic N) is 3. The largest absolute Gasteiger partial charge is 0.346 e. The van der Waals surface area contributed by atoms with Crippen LogP contribution in [0, 0.1) is 10.8 Å². The first-order valence-corrected chi connectivity index (χ1v) is 8.41. The van der Waals surface area contributed by atoms with Crippen molar-refractivity contribution in [3.05, 3.63) is 78.0 Å². The lowest BCUT2D eigenvalue weighted by atomic mass is 10.1. The van der Waals surface area contributed by atoms with Gasteiger partial charge in [0.2, 0.25) is 0 Å². The molecule has 0 spiro atoms. The van der Waals surface area contributed by atoms with Crippen molar-refractivity contribution >= 4 is 16.9 Å². The summed E-state index contributed by atoms with van der Waals surface area (Å²) in [6.07, 6.45) is 4.83. The maximum absolute atomic E-state index is 8.41. The van der Waals surface area contributed by atoms with E-state index in [2.05, 4.69) is 15.1 Å². The number of aryl methyl sites for hydroxylation is 1. The zero-order chi connectivity index (χ0) is 17.9. The fourth-order valence-electron chi connectivity index (χ4n) is 2.99. The van der Waals surface area contributed by atoms with Gasteiger partial charge in [-0.2, -0.15) is 5.10 Å². The molecule has 128 valence electrons. The molecule has 1 aromatic carbocycles. The van der Waals surface area contributed by atoms with Crippen molar-refractivity contribution in [3.8, 4) is 11.3 Å². The van der Waals surface area contributed by atoms with Gasteiger partial charge in [-0.25, -0.2) is 9.67 Å². The average Bonchev–Trinajstić information content (AvgIpc) is 3.16. The highest BCUT2D eigenvalue weighted by atomic mass is 15.3. The monoisotopic (exact) mass is 342 g/mol. The van der Waals surface area contributed by atoms with Crippen molar-refractivity contribution in [2.45, 2.75) is 12.8 Å². The zero-order valence-corrected chi connectivity index (χ0v) is 14.1. The van der Waals surface area contributed by atoms with Crippen LogP contribution >= 0.6 is 0 Å². The van der Waals surface area contributed by atoms with Crippen LogP contribution in [-0.4, -0.2) is 25.6 Å². The topological polar surface area (TPSA) is 94.2 Å². The second-order valence-electron chi connectivity index (χ2n) is 6.04. The van der Waals surface area contributed by atoms with Crippen LogP contribution in [0.1, 0.15) is 12.0 Å². The standard InChI is InChI=1S/C20H18N6/c21-18(8-6-14-10-12-23-20-16(14)11-13-24-20)26-19(22)9-7-17(25-26)15-4-2-1-3-5-15/h1-5,7,9-13,21-22H,6,8H2,(H,23,24). The Hall–Kier alpha value is -3.54. The Morgan fingerprint density at radius 2 is 1.88 bits per heavy atom. The van der Waals surface area contributed by atoms with Gasteiger partial charge in [-0.3, -0.25) is 10.8 Å². The molecule has 0 atom stereocenters. The maximum atomic E-state index is 8.41. The van der Waals surface area contributed by atoms with Gasteiger partial charge in [-0.15, -0.1) is 0 Å². The minimum absolute atomic E-state index is 0.205. The van der Waals surface area contributed by atoms with E-state index in [9.17, 15) is 0 Å². The van der Waals surface area contributed by atoms with E-state index in [1.54, 1.807) is 12.3 Å². The Morgan fingerprint density at radius 3 is 2.73 bits per heavy atom. The molecule has 0 aliphatic carbocycles. The molecule has 3 N–H and O–H groups in total. The molecular formula is C20H18N6. The Morgan fingerprint density at radius 1 is 1.04 bits per heavy atom. The van der Waals surface area contributed by atoms with Crippen molar-refractivity contribution in [3.63, 3.8) is 0 Å². The molecule has 4 rings (SSSR count). The minimum atomic E-state index is 0.205. The molecule has 0 saturated carbocycles. The Kier molecular flexibility index (Phi) is 4.15. The fraction of sp³-hybridized carbons (Fsp3) is 0.100. The second kappa shape index (κ2) is 6.76. The first-order valence-electron chi connectivity index (χ1n) is 8.41. The van der Waals surface area contributed by atoms with Crippen LogP contribution in [0.4, 0.5) is 0 Å². The highest BCUT2D eigenvalue weighted by molar-refractivity contribution is 5.83. The maximum Gasteiger partial charge on any atom is 0.148 e. The van der Waals surface area contributed by atoms with Crippen LogP contribution in [0.5, 0.6) is 0 Å². The van der Waals surface area contributed by atoms with Crippen molar-refractivity contribution < 1.29 is 0 Å². The number of hydrogen-bond acceptors (Lipinski definition) is 4. The van der Waals surface area contributed by atoms with Gasteiger partial charge < -0.3 is 4.98 Å². The first kappa shape index (κ1) is 16.0. The van der Waals surface area contributed by atoms with Crippen molar-refractivity contribution in [2.75, 3.05) is 0 Å². The fourth-order valence-corrected chi connectivity index (χ4v) is 2.99. The molecule has 3 aromatic heterocycles. The molecule has 0 amide bonds. The molecule has 0 unspecified atom stereocenters. The van der Waals surface area contributed by atoms with Crippen molar-refractivity contribution in [1.82, 2.24) is 19.7 Å². The number of nitrogens with one attached hydrogen (secondary N) is 3. The summed E-state index contributed by atoms with van der Waals surface area (Å²) in [6, 6.07) is 17.3. The predicted octanol–water partition coefficient (Wildman–Crippen LogP) is 3.36. The molecular weight excluding hydrogens is 324 g/mol. The smallest absolute Gasteiger partial charge is 0.148 e. The third kappa shape index (κ3) is 3.04. The quantitative estimate of drug-likeness (QED) is 0.392. The van der Waals surface area contributed by atoms with Gasteiger partial charge in [0.05, 0.1) is 5.69 Å². The van der Waals surface area contributed by atoms with E-state index in [1.807, 2.05) is 54.7 Å². The Balaban J connectivity index is 1.58. The highest BCUT2D eigenvalue weighted by Gasteiger charge is 2.08. The lowest BCUT2D eigenvalue weighted by molar-refractivity contribution is 0.784. The van der Waals surface area contributed by atoms with E-state index in [-0.39, 0.29) is 5.49 Å². The van der Waals surface area contributed by atoms with Crippen molar-refractivity contribution in [2.24, 2.45) is 0 Å². The number of fused-ring (bicyclic) bond motifs is 1. The predicted molar refractivity (Wildman–Crippen MR) is 101 cm³/mol. The van der Waals surface area contributed by atoms with Gasteiger partial charge in [0.1, 0.15) is 17.0 Å². The van der Waals surface area contributed by atoms with Crippen LogP contribution in [0.25, 0.3) is 22.3 Å². The highest BCUT2D eigenvalue weighted by Crippen LogP contribution is 2.17. The van der Waals surface area contributed by atoms with Gasteiger partial charge in [0.15, 0.2) is 0 Å². The Bertz CT molecular complexity index is 1120. The number of benzene rings is 1. The normalized spacial score (nSPS) is 10.9. The third-order valence-electron chi connectivity index (χ3n) is 4.34. The van der Waals surface area contributed by atoms with Gasteiger partial charge >= 0.3 is 0 Å². The van der Waals surface area contributed by atoms with Crippen LogP contribution in [0.3, 0.4) is 0 Å². The summed E-state index contributed by atoms with van der Waals surface area (Å²) >= 11 is 0. The van der Waals surface area contributed by atoms with E-state index < -0.39 is 0 Å². The molecule has 0 fully saturated rings. The van der Waals surface area contributed by atoms with E-state index in [0.717, 1.165) is 27.9 Å². The zero-order valence-electron chi connectivity index (χ0n) is 14.1. The van der Waals surface area contributed by atoms with Crippen LogP contribution in [-0.2, 0) is 6.42 Å². The van der Waals surface area contributed by atoms with Gasteiger partial charge in [0.25, 0.3) is 0 Å². The third-order valence-corrected chi connectivity index (χ3v) is 4.34. The lowest BCUT2D eigenvalue weighted by Gasteiger charge is -2.10. The van der Waals surface area contributed by atoms with Crippen molar-refractivity contribution in [1.29, 1.82) is 10.8 Å². The van der Waals surface area contributed by atoms with E-state index in [4.69, 9.17) is 10.8 Å². The Labute approximate surface area is 150 Å². The molecule has 0 bridgehead atoms. The minimum Gasteiger partial charge on any atom is -0.346 e. The summed E-state index contributed by atoms with van der Waals surface area (Å²) in [6.45, 7) is 0. The number of rotatable bonds is 4. The summed E-state index contributed by atoms with van der Waals surface area (Å²) in [5.74, 6) is 0.299. The molecule has 6 heteroatoms. The summed E-state index contributed by atoms with van der Waals surface area (Å²) in [5, 5.41) is 22.1. The number of aromatic nitrogens is 4. The SMILES string of the molecule is N=C(CCc1ccnc2[nH]ccc12)n1nc(-c2ccccc2)ccc1=N. The van der Waals surface area contributed by atoms with E-state index in [0.29, 0.717) is 18.7 Å². The van der Waals surface area contributed by atoms with Gasteiger partial charge in [-0.1, -0.05) is 30.3 Å². The average molecular weight is 342 g/mol. The van der Waals surface area contributed by atoms with E-state index >= 15 is 0 Å². The van der Waals surface area contributed by atoms with Gasteiger partial charge in [0, 0.05) is 29.8 Å². The first-order chi connectivity index (χ1) is 12.7. The second-order valence-corrected chi connectivity index (χ2v) is 6.04. The lowest BCUT2D eigenvalue weighted by Crippen LogP contribution is -2.29. The number of H-pyrrole nitrogens is 1. The molecule has 6 nitrogen and oxygen atoms in total. The van der Waals surface area contributed by atoms with Gasteiger partial charge in [-0.05, 0) is 36.2 Å². The molecule has 0 radical (unpaired) electrons. The summed E-state index contributed by atoms with van der Waals surface area (Å²) < 4.78 is 1.40. The number of aromatic amines is 1. The number of pyridine rings is 1. The summed E-state index contributed by atoms with van der Waals surface area (Å²) in [4.78, 5) is 7.39. The molecule has 3 heterocycles. The molecule has 0 aliphatic rings. The molecule has 0 saturated heterocycles. The van der Waals surface area contributed by atoms with E-state index in [1.165, 1.54) is 4.68 Å². The van der Waals surface area contributed by atoms with Crippen LogP contribution < -0.4 is 5.49 Å². The molecule has 26 heavy (non-hydrogen) atoms. The molecule has 4 aromatic rings. The number of hydrogen-bond donors (Lipinski definition) is 3.